The molecule has 20 nitrogen and oxygen atoms in total. The molecule has 2 saturated carbocycles. The van der Waals surface area contributed by atoms with Crippen molar-refractivity contribution in [3.05, 3.63) is 61.2 Å². The first-order valence-corrected chi connectivity index (χ1v) is 29.9. The van der Waals surface area contributed by atoms with Crippen LogP contribution in [0.3, 0.4) is 0 Å². The SMILES string of the molecule is Cl.O=C(CCCCCCOc1ccc(Nc2nc(NC3CCCCC3)c3ncn(C4CCCCO4)c3n2)cc1)COC1CCCCO1.O=C(CO)CCCCCCOc1ccc(Nc2nc(NC3CCCCC3)c3[nH]cnc3n2)cc1. The number of imidazole rings is 2. The van der Waals surface area contributed by atoms with Gasteiger partial charge in [0.25, 0.3) is 0 Å². The predicted molar refractivity (Wildman–Crippen MR) is 317 cm³/mol. The van der Waals surface area contributed by atoms with Crippen LogP contribution in [-0.4, -0.2) is 114 Å². The number of anilines is 6. The Hall–Kier alpha value is -6.19. The number of aromatic amines is 1. The van der Waals surface area contributed by atoms with Gasteiger partial charge in [0.05, 0.1) is 25.9 Å². The molecule has 6 N–H and O–H groups in total. The van der Waals surface area contributed by atoms with Crippen LogP contribution in [0.15, 0.2) is 61.2 Å². The van der Waals surface area contributed by atoms with Gasteiger partial charge in [-0.05, 0) is 138 Å². The maximum atomic E-state index is 12.1. The van der Waals surface area contributed by atoms with Crippen molar-refractivity contribution in [3.8, 4) is 11.5 Å². The lowest BCUT2D eigenvalue weighted by Gasteiger charge is -2.25. The summed E-state index contributed by atoms with van der Waals surface area (Å²) in [5.74, 6) is 4.31. The molecule has 2 aromatic carbocycles. The van der Waals surface area contributed by atoms with Gasteiger partial charge < -0.3 is 55.0 Å². The largest absolute Gasteiger partial charge is 0.494 e. The molecule has 2 aliphatic heterocycles. The number of H-pyrrole nitrogens is 1. The summed E-state index contributed by atoms with van der Waals surface area (Å²) in [6, 6.07) is 16.5. The number of nitrogens with zero attached hydrogens (tertiary/aromatic N) is 7. The molecule has 0 amide bonds. The second-order valence-electron chi connectivity index (χ2n) is 21.7. The minimum atomic E-state index is -0.351. The van der Waals surface area contributed by atoms with E-state index in [1.807, 2.05) is 54.9 Å². The molecule has 0 bridgehead atoms. The molecule has 21 heteroatoms. The lowest BCUT2D eigenvalue weighted by molar-refractivity contribution is -0.169. The molecule has 0 spiro atoms. The lowest BCUT2D eigenvalue weighted by Crippen LogP contribution is -2.25. The van der Waals surface area contributed by atoms with Gasteiger partial charge in [0.15, 0.2) is 46.3 Å². The molecule has 81 heavy (non-hydrogen) atoms. The molecule has 2 unspecified atom stereocenters. The maximum Gasteiger partial charge on any atom is 0.231 e. The second kappa shape index (κ2) is 33.0. The van der Waals surface area contributed by atoms with Gasteiger partial charge in [-0.1, -0.05) is 64.2 Å². The Morgan fingerprint density at radius 3 is 1.75 bits per heavy atom. The first-order valence-electron chi connectivity index (χ1n) is 29.9. The Kier molecular flexibility index (Phi) is 24.8. The first kappa shape index (κ1) is 60.9. The van der Waals surface area contributed by atoms with Gasteiger partial charge in [-0.15, -0.1) is 12.4 Å². The monoisotopic (exact) mass is 1140 g/mol. The van der Waals surface area contributed by atoms with Gasteiger partial charge in [0.1, 0.15) is 36.5 Å². The van der Waals surface area contributed by atoms with E-state index < -0.39 is 0 Å². The minimum absolute atomic E-state index is 0. The van der Waals surface area contributed by atoms with Gasteiger partial charge >= 0.3 is 0 Å². The normalized spacial score (nSPS) is 17.8. The molecular formula is C60H85ClN12O8. The number of ketones is 2. The van der Waals surface area contributed by atoms with Crippen LogP contribution in [0, 0.1) is 0 Å². The first-order chi connectivity index (χ1) is 39.4. The number of carbonyl (C=O) groups excluding carboxylic acids is 2. The molecule has 2 atom stereocenters. The number of benzene rings is 2. The molecular weight excluding hydrogens is 1050 g/mol. The molecule has 2 saturated heterocycles. The Balaban J connectivity index is 0.000000219. The number of fused-ring (bicyclic) bond motifs is 2. The Morgan fingerprint density at radius 2 is 1.16 bits per heavy atom. The van der Waals surface area contributed by atoms with Crippen molar-refractivity contribution in [3.63, 3.8) is 0 Å². The summed E-state index contributed by atoms with van der Waals surface area (Å²) >= 11 is 0. The van der Waals surface area contributed by atoms with Gasteiger partial charge in [-0.2, -0.15) is 19.9 Å². The summed E-state index contributed by atoms with van der Waals surface area (Å²) in [5, 5.41) is 22.7. The van der Waals surface area contributed by atoms with E-state index in [9.17, 15) is 9.59 Å². The van der Waals surface area contributed by atoms with E-state index in [1.54, 1.807) is 6.33 Å². The van der Waals surface area contributed by atoms with Crippen LogP contribution in [0.1, 0.15) is 173 Å². The quantitative estimate of drug-likeness (QED) is 0.0239. The van der Waals surface area contributed by atoms with Crippen LogP contribution < -0.4 is 30.7 Å². The number of carbonyl (C=O) groups is 2. The number of aromatic nitrogens is 8. The lowest BCUT2D eigenvalue weighted by atomic mass is 9.95. The fourth-order valence-electron chi connectivity index (χ4n) is 10.7. The summed E-state index contributed by atoms with van der Waals surface area (Å²) in [6.07, 6.45) is 30.3. The third kappa shape index (κ3) is 19.5. The summed E-state index contributed by atoms with van der Waals surface area (Å²) in [4.78, 5) is 54.4. The fourth-order valence-corrected chi connectivity index (χ4v) is 10.7. The van der Waals surface area contributed by atoms with E-state index in [4.69, 9.17) is 48.7 Å². The molecule has 0 radical (unpaired) electrons. The van der Waals surface area contributed by atoms with Crippen molar-refractivity contribution < 1.29 is 38.4 Å². The Bertz CT molecular complexity index is 2790. The topological polar surface area (TPSA) is 247 Å². The van der Waals surface area contributed by atoms with Gasteiger partial charge in [-0.3, -0.25) is 14.2 Å². The summed E-state index contributed by atoms with van der Waals surface area (Å²) < 4.78 is 31.1. The molecule has 440 valence electrons. The van der Waals surface area contributed by atoms with E-state index >= 15 is 0 Å². The van der Waals surface area contributed by atoms with E-state index in [-0.39, 0.29) is 49.7 Å². The average molecular weight is 1140 g/mol. The van der Waals surface area contributed by atoms with Crippen molar-refractivity contribution in [2.75, 3.05) is 60.9 Å². The Morgan fingerprint density at radius 1 is 0.605 bits per heavy atom. The van der Waals surface area contributed by atoms with E-state index in [0.717, 1.165) is 180 Å². The zero-order valence-electron chi connectivity index (χ0n) is 47.1. The fraction of sp³-hybridized carbons (Fsp3) is 0.600. The molecule has 6 heterocycles. The maximum absolute atomic E-state index is 12.1. The standard InChI is InChI=1S/C35H50N6O5.C25H34N6O3.ClH/c42-28(24-46-31-16-8-11-23-45-31)14-6-1-2-9-21-43-29-19-17-27(18-20-29)38-35-39-33(37-26-12-4-3-5-13-26)32-34(40-35)41(25-36-32)30-15-7-10-22-44-30;32-16-20(33)10-6-1-2-7-15-34-21-13-11-19(12-14-21)29-25-30-23-22(26-17-27-23)24(31-25)28-18-8-4-3-5-9-18;/h17-20,25-26,30-31H,1-16,21-24H2,(H2,37,38,39,40);11-14,17-18,32H,1-10,15-16H2,(H3,26,27,28,29,30,31);1H. The van der Waals surface area contributed by atoms with Crippen molar-refractivity contribution in [1.29, 1.82) is 0 Å². The molecule has 4 fully saturated rings. The Labute approximate surface area is 482 Å². The number of rotatable bonds is 29. The van der Waals surface area contributed by atoms with Crippen LogP contribution in [-0.2, 0) is 23.8 Å². The predicted octanol–water partition coefficient (Wildman–Crippen LogP) is 12.6. The van der Waals surface area contributed by atoms with Crippen molar-refractivity contribution in [1.82, 2.24) is 39.5 Å². The van der Waals surface area contributed by atoms with Gasteiger partial charge in [0.2, 0.25) is 11.9 Å². The van der Waals surface area contributed by atoms with Crippen LogP contribution >= 0.6 is 12.4 Å². The van der Waals surface area contributed by atoms with E-state index in [0.29, 0.717) is 55.7 Å². The zero-order chi connectivity index (χ0) is 55.0. The van der Waals surface area contributed by atoms with Crippen LogP contribution in [0.5, 0.6) is 11.5 Å². The average Bonchev–Trinajstić information content (AvgIpc) is 4.18. The molecule has 10 rings (SSSR count). The molecule has 2 aliphatic carbocycles. The highest BCUT2D eigenvalue weighted by atomic mass is 35.5. The van der Waals surface area contributed by atoms with E-state index in [1.165, 1.54) is 38.5 Å². The van der Waals surface area contributed by atoms with Gasteiger partial charge in [0, 0.05) is 49.5 Å². The molecule has 4 aromatic heterocycles. The van der Waals surface area contributed by atoms with Crippen molar-refractivity contribution in [2.24, 2.45) is 0 Å². The number of aliphatic hydroxyl groups is 1. The minimum Gasteiger partial charge on any atom is -0.494 e. The summed E-state index contributed by atoms with van der Waals surface area (Å²) in [5.41, 5.74) is 4.81. The number of hydrogen-bond donors (Lipinski definition) is 6. The highest BCUT2D eigenvalue weighted by molar-refractivity contribution is 5.86. The third-order valence-corrected chi connectivity index (χ3v) is 15.3. The van der Waals surface area contributed by atoms with Crippen molar-refractivity contribution >= 4 is 81.2 Å². The highest BCUT2D eigenvalue weighted by Gasteiger charge is 2.24. The number of nitrogens with one attached hydrogen (secondary N) is 5. The van der Waals surface area contributed by atoms with E-state index in [2.05, 4.69) is 40.8 Å². The second-order valence-corrected chi connectivity index (χ2v) is 21.7. The zero-order valence-corrected chi connectivity index (χ0v) is 47.9. The number of halogens is 1. The summed E-state index contributed by atoms with van der Waals surface area (Å²) in [7, 11) is 0. The van der Waals surface area contributed by atoms with Crippen LogP contribution in [0.25, 0.3) is 22.3 Å². The van der Waals surface area contributed by atoms with Crippen LogP contribution in [0.2, 0.25) is 0 Å². The van der Waals surface area contributed by atoms with Crippen molar-refractivity contribution in [2.45, 2.75) is 192 Å². The number of aliphatic hydroxyl groups excluding tert-OH is 1. The number of ether oxygens (including phenoxy) is 5. The third-order valence-electron chi connectivity index (χ3n) is 15.3. The number of hydrogen-bond acceptors (Lipinski definition) is 18. The molecule has 4 aliphatic rings. The van der Waals surface area contributed by atoms with Crippen LogP contribution in [0.4, 0.5) is 34.9 Å². The molecule has 6 aromatic rings. The smallest absolute Gasteiger partial charge is 0.231 e. The summed E-state index contributed by atoms with van der Waals surface area (Å²) in [6.45, 7) is 2.59. The highest BCUT2D eigenvalue weighted by Crippen LogP contribution is 2.32. The number of unbranched alkanes of at least 4 members (excludes halogenated alkanes) is 6. The van der Waals surface area contributed by atoms with Gasteiger partial charge in [-0.25, -0.2) is 9.97 Å². The number of Topliss-reactive ketones (excluding diaryl/α,β-unsaturated/α-hetero) is 2.